The number of benzene rings is 1. The summed E-state index contributed by atoms with van der Waals surface area (Å²) in [5.41, 5.74) is 1.10. The summed E-state index contributed by atoms with van der Waals surface area (Å²) in [5, 5.41) is 3.90. The molecule has 4 nitrogen and oxygen atoms in total. The molecule has 0 unspecified atom stereocenters. The molecular formula is C19H23ClN2O2. The molecule has 1 heterocycles. The molecule has 2 atom stereocenters. The number of hydrogen-bond donors (Lipinski definition) is 1. The van der Waals surface area contributed by atoms with E-state index in [0.29, 0.717) is 0 Å². The fourth-order valence-corrected chi connectivity index (χ4v) is 4.01. The lowest BCUT2D eigenvalue weighted by Gasteiger charge is -2.32. The van der Waals surface area contributed by atoms with Crippen LogP contribution in [0.2, 0.25) is 5.02 Å². The Bertz CT molecular complexity index is 651. The first-order valence-corrected chi connectivity index (χ1v) is 9.35. The lowest BCUT2D eigenvalue weighted by molar-refractivity contribution is -0.133. The molecule has 0 bridgehead atoms. The van der Waals surface area contributed by atoms with E-state index in [2.05, 4.69) is 5.32 Å². The first-order chi connectivity index (χ1) is 11.6. The van der Waals surface area contributed by atoms with Crippen molar-refractivity contribution >= 4 is 23.4 Å². The zero-order valence-corrected chi connectivity index (χ0v) is 14.5. The molecule has 0 radical (unpaired) electrons. The Morgan fingerprint density at radius 1 is 1.08 bits per heavy atom. The van der Waals surface area contributed by atoms with Crippen molar-refractivity contribution in [2.75, 3.05) is 13.1 Å². The van der Waals surface area contributed by atoms with Crippen LogP contribution in [-0.2, 0) is 9.59 Å². The van der Waals surface area contributed by atoms with Crippen molar-refractivity contribution in [1.29, 1.82) is 0 Å². The highest BCUT2D eigenvalue weighted by atomic mass is 35.5. The van der Waals surface area contributed by atoms with Gasteiger partial charge in [0, 0.05) is 36.0 Å². The van der Waals surface area contributed by atoms with E-state index in [4.69, 9.17) is 11.6 Å². The third-order valence-electron chi connectivity index (χ3n) is 5.51. The summed E-state index contributed by atoms with van der Waals surface area (Å²) < 4.78 is 0. The molecular weight excluding hydrogens is 324 g/mol. The second kappa shape index (κ2) is 6.40. The van der Waals surface area contributed by atoms with E-state index in [0.717, 1.165) is 55.8 Å². The van der Waals surface area contributed by atoms with Gasteiger partial charge in [-0.15, -0.1) is 0 Å². The molecule has 1 saturated heterocycles. The predicted molar refractivity (Wildman–Crippen MR) is 92.8 cm³/mol. The Morgan fingerprint density at radius 3 is 2.46 bits per heavy atom. The van der Waals surface area contributed by atoms with Gasteiger partial charge in [-0.25, -0.2) is 0 Å². The number of rotatable bonds is 4. The molecule has 24 heavy (non-hydrogen) atoms. The zero-order chi connectivity index (χ0) is 16.7. The number of piperidine rings is 1. The highest BCUT2D eigenvalue weighted by Gasteiger charge is 2.47. The summed E-state index contributed by atoms with van der Waals surface area (Å²) in [4.78, 5) is 26.5. The van der Waals surface area contributed by atoms with Gasteiger partial charge in [-0.2, -0.15) is 0 Å². The predicted octanol–water partition coefficient (Wildman–Crippen LogP) is 2.96. The van der Waals surface area contributed by atoms with Gasteiger partial charge in [0.25, 0.3) is 0 Å². The van der Waals surface area contributed by atoms with Crippen LogP contribution in [0.25, 0.3) is 0 Å². The second-order valence-corrected chi connectivity index (χ2v) is 7.76. The molecule has 5 heteroatoms. The quantitative estimate of drug-likeness (QED) is 0.911. The fourth-order valence-electron chi connectivity index (χ4n) is 3.73. The summed E-state index contributed by atoms with van der Waals surface area (Å²) in [6, 6.07) is 8.06. The van der Waals surface area contributed by atoms with E-state index in [1.807, 2.05) is 29.2 Å². The topological polar surface area (TPSA) is 49.4 Å². The lowest BCUT2D eigenvalue weighted by Crippen LogP contribution is -2.47. The molecule has 1 aromatic carbocycles. The number of carbonyl (C=O) groups is 2. The summed E-state index contributed by atoms with van der Waals surface area (Å²) in [6.07, 6.45) is 4.71. The highest BCUT2D eigenvalue weighted by molar-refractivity contribution is 6.31. The van der Waals surface area contributed by atoms with Crippen LogP contribution < -0.4 is 5.32 Å². The van der Waals surface area contributed by atoms with Gasteiger partial charge in [0.05, 0.1) is 0 Å². The number of nitrogens with one attached hydrogen (secondary N) is 1. The van der Waals surface area contributed by atoms with Gasteiger partial charge in [0.2, 0.25) is 11.8 Å². The Hall–Kier alpha value is -1.55. The lowest BCUT2D eigenvalue weighted by atomic mass is 10.0. The van der Waals surface area contributed by atoms with Crippen LogP contribution in [0.4, 0.5) is 0 Å². The van der Waals surface area contributed by atoms with Crippen LogP contribution in [0.1, 0.15) is 43.6 Å². The maximum Gasteiger partial charge on any atom is 0.226 e. The molecule has 2 aliphatic carbocycles. The van der Waals surface area contributed by atoms with E-state index < -0.39 is 0 Å². The maximum absolute atomic E-state index is 12.7. The van der Waals surface area contributed by atoms with Crippen molar-refractivity contribution in [2.45, 2.75) is 44.1 Å². The Kier molecular flexibility index (Phi) is 4.25. The minimum absolute atomic E-state index is 0.0857. The Morgan fingerprint density at radius 2 is 1.79 bits per heavy atom. The van der Waals surface area contributed by atoms with Crippen molar-refractivity contribution in [3.8, 4) is 0 Å². The van der Waals surface area contributed by atoms with Gasteiger partial charge in [0.1, 0.15) is 0 Å². The van der Waals surface area contributed by atoms with Gasteiger partial charge in [-0.05, 0) is 49.7 Å². The number of carbonyl (C=O) groups excluding carboxylic acids is 2. The number of hydrogen-bond acceptors (Lipinski definition) is 2. The van der Waals surface area contributed by atoms with Gasteiger partial charge < -0.3 is 10.2 Å². The normalized spacial score (nSPS) is 27.0. The van der Waals surface area contributed by atoms with Crippen molar-refractivity contribution < 1.29 is 9.59 Å². The molecule has 4 rings (SSSR count). The van der Waals surface area contributed by atoms with Crippen LogP contribution >= 0.6 is 11.6 Å². The summed E-state index contributed by atoms with van der Waals surface area (Å²) in [6.45, 7) is 1.50. The molecule has 1 aromatic rings. The maximum atomic E-state index is 12.7. The minimum Gasteiger partial charge on any atom is -0.353 e. The summed E-state index contributed by atoms with van der Waals surface area (Å²) >= 11 is 6.25. The number of nitrogens with zero attached hydrogens (tertiary/aromatic N) is 1. The van der Waals surface area contributed by atoms with Crippen molar-refractivity contribution in [1.82, 2.24) is 10.2 Å². The monoisotopic (exact) mass is 346 g/mol. The van der Waals surface area contributed by atoms with Crippen LogP contribution in [0, 0.1) is 11.8 Å². The summed E-state index contributed by atoms with van der Waals surface area (Å²) in [5.74, 6) is 1.08. The molecule has 128 valence electrons. The van der Waals surface area contributed by atoms with Crippen LogP contribution in [0.3, 0.4) is 0 Å². The van der Waals surface area contributed by atoms with Gasteiger partial charge in [0.15, 0.2) is 0 Å². The largest absolute Gasteiger partial charge is 0.353 e. The van der Waals surface area contributed by atoms with Crippen LogP contribution in [0.5, 0.6) is 0 Å². The first kappa shape index (κ1) is 15.9. The number of amides is 2. The van der Waals surface area contributed by atoms with Gasteiger partial charge >= 0.3 is 0 Å². The van der Waals surface area contributed by atoms with E-state index in [9.17, 15) is 9.59 Å². The SMILES string of the molecule is O=C(NC1CCN(C(=O)[C@H]2C[C@@H]2c2ccccc2Cl)CC1)C1CC1. The first-order valence-electron chi connectivity index (χ1n) is 8.97. The molecule has 1 aliphatic heterocycles. The zero-order valence-electron chi connectivity index (χ0n) is 13.7. The second-order valence-electron chi connectivity index (χ2n) is 7.35. The average molecular weight is 347 g/mol. The smallest absolute Gasteiger partial charge is 0.226 e. The molecule has 0 aromatic heterocycles. The molecule has 3 aliphatic rings. The Labute approximate surface area is 147 Å². The average Bonchev–Trinajstić information content (AvgIpc) is 3.48. The molecule has 2 amide bonds. The molecule has 1 N–H and O–H groups in total. The van der Waals surface area contributed by atoms with E-state index >= 15 is 0 Å². The van der Waals surface area contributed by atoms with Crippen LogP contribution in [0.15, 0.2) is 24.3 Å². The third kappa shape index (κ3) is 3.30. The van der Waals surface area contributed by atoms with E-state index in [1.165, 1.54) is 0 Å². The number of likely N-dealkylation sites (tertiary alicyclic amines) is 1. The molecule has 2 saturated carbocycles. The molecule has 3 fully saturated rings. The standard InChI is InChI=1S/C19H23ClN2O2/c20-17-4-2-1-3-14(17)15-11-16(15)19(24)22-9-7-13(8-10-22)21-18(23)12-5-6-12/h1-4,12-13,15-16H,5-11H2,(H,21,23)/t15-,16+/m1/s1. The van der Waals surface area contributed by atoms with Crippen molar-refractivity contribution in [3.63, 3.8) is 0 Å². The van der Waals surface area contributed by atoms with Gasteiger partial charge in [-0.1, -0.05) is 29.8 Å². The third-order valence-corrected chi connectivity index (χ3v) is 5.86. The van der Waals surface area contributed by atoms with Crippen molar-refractivity contribution in [3.05, 3.63) is 34.9 Å². The highest BCUT2D eigenvalue weighted by Crippen LogP contribution is 2.50. The number of halogens is 1. The summed E-state index contributed by atoms with van der Waals surface area (Å²) in [7, 11) is 0. The van der Waals surface area contributed by atoms with E-state index in [1.54, 1.807) is 0 Å². The molecule has 0 spiro atoms. The van der Waals surface area contributed by atoms with E-state index in [-0.39, 0.29) is 35.6 Å². The Balaban J connectivity index is 1.28. The fraction of sp³-hybridized carbons (Fsp3) is 0.579. The van der Waals surface area contributed by atoms with Gasteiger partial charge in [-0.3, -0.25) is 9.59 Å². The van der Waals surface area contributed by atoms with Crippen molar-refractivity contribution in [2.24, 2.45) is 11.8 Å². The minimum atomic E-state index is 0.0857. The van der Waals surface area contributed by atoms with Crippen LogP contribution in [-0.4, -0.2) is 35.8 Å².